The van der Waals surface area contributed by atoms with Gasteiger partial charge < -0.3 is 4.90 Å². The van der Waals surface area contributed by atoms with E-state index in [1.54, 1.807) is 0 Å². The van der Waals surface area contributed by atoms with Crippen LogP contribution in [-0.4, -0.2) is 23.1 Å². The monoisotopic (exact) mass is 243 g/mol. The van der Waals surface area contributed by atoms with Crippen LogP contribution in [0.3, 0.4) is 0 Å². The molecule has 1 fully saturated rings. The number of piperidine rings is 1. The van der Waals surface area contributed by atoms with Gasteiger partial charge in [-0.05, 0) is 18.3 Å². The van der Waals surface area contributed by atoms with Crippen molar-refractivity contribution in [3.8, 4) is 0 Å². The lowest BCUT2D eigenvalue weighted by molar-refractivity contribution is 0.352. The van der Waals surface area contributed by atoms with E-state index in [1.165, 1.54) is 12.7 Å². The Hall–Kier alpha value is -0.900. The molecule has 1 aromatic rings. The van der Waals surface area contributed by atoms with Gasteiger partial charge in [0, 0.05) is 13.1 Å². The van der Waals surface area contributed by atoms with Crippen LogP contribution < -0.4 is 4.90 Å². The molecule has 0 radical (unpaired) electrons. The van der Waals surface area contributed by atoms with E-state index in [9.17, 15) is 4.39 Å². The molecule has 2 rings (SSSR count). The summed E-state index contributed by atoms with van der Waals surface area (Å²) in [6.07, 6.45) is 2.49. The minimum atomic E-state index is -0.509. The van der Waals surface area contributed by atoms with E-state index in [0.29, 0.717) is 17.7 Å². The first-order chi connectivity index (χ1) is 7.58. The molecule has 88 valence electrons. The minimum Gasteiger partial charge on any atom is -0.354 e. The number of hydrogen-bond donors (Lipinski definition) is 0. The molecule has 0 aliphatic carbocycles. The molecule has 0 N–H and O–H groups in total. The second-order valence-electron chi connectivity index (χ2n) is 4.65. The normalized spacial score (nSPS) is 25.9. The topological polar surface area (TPSA) is 29.0 Å². The highest BCUT2D eigenvalue weighted by Crippen LogP contribution is 2.28. The summed E-state index contributed by atoms with van der Waals surface area (Å²) in [5.41, 5.74) is 0. The SMILES string of the molecule is C[C@@H]1C[C@H](C)CN(c2ncnc(Cl)c2F)C1. The number of nitrogens with zero attached hydrogens (tertiary/aromatic N) is 3. The Labute approximate surface area is 99.6 Å². The molecule has 1 aromatic heterocycles. The first-order valence-electron chi connectivity index (χ1n) is 5.49. The van der Waals surface area contributed by atoms with Gasteiger partial charge in [0.2, 0.25) is 5.82 Å². The molecule has 2 heterocycles. The third-order valence-corrected chi connectivity index (χ3v) is 3.16. The smallest absolute Gasteiger partial charge is 0.202 e. The van der Waals surface area contributed by atoms with Crippen molar-refractivity contribution in [1.29, 1.82) is 0 Å². The maximum atomic E-state index is 13.7. The van der Waals surface area contributed by atoms with Gasteiger partial charge in [-0.3, -0.25) is 0 Å². The summed E-state index contributed by atoms with van der Waals surface area (Å²) < 4.78 is 13.7. The van der Waals surface area contributed by atoms with E-state index in [1.807, 2.05) is 4.90 Å². The second kappa shape index (κ2) is 4.53. The lowest BCUT2D eigenvalue weighted by Gasteiger charge is -2.35. The van der Waals surface area contributed by atoms with Gasteiger partial charge in [0.15, 0.2) is 11.0 Å². The van der Waals surface area contributed by atoms with E-state index in [2.05, 4.69) is 23.8 Å². The fraction of sp³-hybridized carbons (Fsp3) is 0.636. The van der Waals surface area contributed by atoms with Gasteiger partial charge >= 0.3 is 0 Å². The van der Waals surface area contributed by atoms with Gasteiger partial charge in [-0.25, -0.2) is 9.97 Å². The van der Waals surface area contributed by atoms with Gasteiger partial charge in [0.05, 0.1) is 0 Å². The highest BCUT2D eigenvalue weighted by atomic mass is 35.5. The van der Waals surface area contributed by atoms with E-state index >= 15 is 0 Å². The number of hydrogen-bond acceptors (Lipinski definition) is 3. The number of rotatable bonds is 1. The van der Waals surface area contributed by atoms with E-state index in [4.69, 9.17) is 11.6 Å². The van der Waals surface area contributed by atoms with Crippen LogP contribution in [0.2, 0.25) is 5.15 Å². The predicted molar refractivity (Wildman–Crippen MR) is 62.2 cm³/mol. The Kier molecular flexibility index (Phi) is 3.28. The van der Waals surface area contributed by atoms with Crippen LogP contribution in [-0.2, 0) is 0 Å². The third-order valence-electron chi connectivity index (χ3n) is 2.90. The molecule has 1 saturated heterocycles. The van der Waals surface area contributed by atoms with Crippen LogP contribution in [0, 0.1) is 17.7 Å². The molecule has 0 amide bonds. The fourth-order valence-electron chi connectivity index (χ4n) is 2.40. The standard InChI is InChI=1S/C11H15ClFN3/c1-7-3-8(2)5-16(4-7)11-9(13)10(12)14-6-15-11/h6-8H,3-5H2,1-2H3/t7-,8+. The Morgan fingerprint density at radius 2 is 1.94 bits per heavy atom. The quantitative estimate of drug-likeness (QED) is 0.711. The molecule has 0 aromatic carbocycles. The van der Waals surface area contributed by atoms with Crippen molar-refractivity contribution in [3.63, 3.8) is 0 Å². The summed E-state index contributed by atoms with van der Waals surface area (Å²) in [7, 11) is 0. The zero-order valence-corrected chi connectivity index (χ0v) is 10.2. The average Bonchev–Trinajstić information content (AvgIpc) is 2.20. The van der Waals surface area contributed by atoms with Crippen molar-refractivity contribution < 1.29 is 4.39 Å². The first kappa shape index (κ1) is 11.6. The predicted octanol–water partition coefficient (Wildman–Crippen LogP) is 2.75. The first-order valence-corrected chi connectivity index (χ1v) is 5.86. The van der Waals surface area contributed by atoms with Crippen molar-refractivity contribution in [3.05, 3.63) is 17.3 Å². The molecule has 0 spiro atoms. The molecular formula is C11H15ClFN3. The van der Waals surface area contributed by atoms with Crippen LogP contribution in [0.5, 0.6) is 0 Å². The van der Waals surface area contributed by atoms with Crippen molar-refractivity contribution in [2.24, 2.45) is 11.8 Å². The summed E-state index contributed by atoms with van der Waals surface area (Å²) in [5, 5.41) is -0.101. The Bertz CT molecular complexity index is 375. The molecule has 0 unspecified atom stereocenters. The minimum absolute atomic E-state index is 0.101. The summed E-state index contributed by atoms with van der Waals surface area (Å²) in [6.45, 7) is 6.00. The molecule has 3 nitrogen and oxygen atoms in total. The molecule has 16 heavy (non-hydrogen) atoms. The van der Waals surface area contributed by atoms with Crippen molar-refractivity contribution in [2.75, 3.05) is 18.0 Å². The Balaban J connectivity index is 2.26. The van der Waals surface area contributed by atoms with Crippen LogP contribution in [0.1, 0.15) is 20.3 Å². The largest absolute Gasteiger partial charge is 0.354 e. The second-order valence-corrected chi connectivity index (χ2v) is 5.01. The van der Waals surface area contributed by atoms with Gasteiger partial charge in [-0.1, -0.05) is 25.4 Å². The molecule has 0 bridgehead atoms. The zero-order valence-electron chi connectivity index (χ0n) is 9.45. The van der Waals surface area contributed by atoms with Gasteiger partial charge in [0.1, 0.15) is 6.33 Å². The van der Waals surface area contributed by atoms with E-state index in [-0.39, 0.29) is 5.15 Å². The van der Waals surface area contributed by atoms with Crippen LogP contribution >= 0.6 is 11.6 Å². The van der Waals surface area contributed by atoms with Gasteiger partial charge in [0.25, 0.3) is 0 Å². The summed E-state index contributed by atoms with van der Waals surface area (Å²) in [5.74, 6) is 0.928. The third kappa shape index (κ3) is 2.26. The lowest BCUT2D eigenvalue weighted by atomic mass is 9.92. The van der Waals surface area contributed by atoms with E-state index < -0.39 is 5.82 Å². The maximum Gasteiger partial charge on any atom is 0.202 e. The van der Waals surface area contributed by atoms with Crippen LogP contribution in [0.25, 0.3) is 0 Å². The Morgan fingerprint density at radius 1 is 1.31 bits per heavy atom. The summed E-state index contributed by atoms with van der Waals surface area (Å²) in [6, 6.07) is 0. The Morgan fingerprint density at radius 3 is 2.56 bits per heavy atom. The number of anilines is 1. The van der Waals surface area contributed by atoms with E-state index in [0.717, 1.165) is 13.1 Å². The average molecular weight is 244 g/mol. The molecule has 5 heteroatoms. The molecule has 1 aliphatic heterocycles. The highest BCUT2D eigenvalue weighted by molar-refractivity contribution is 6.29. The number of aromatic nitrogens is 2. The fourth-order valence-corrected chi connectivity index (χ4v) is 2.52. The van der Waals surface area contributed by atoms with Crippen molar-refractivity contribution >= 4 is 17.4 Å². The number of halogens is 2. The molecule has 2 atom stereocenters. The van der Waals surface area contributed by atoms with Crippen LogP contribution in [0.4, 0.5) is 10.2 Å². The molecular weight excluding hydrogens is 229 g/mol. The summed E-state index contributed by atoms with van der Waals surface area (Å²) in [4.78, 5) is 9.57. The lowest BCUT2D eigenvalue weighted by Crippen LogP contribution is -2.39. The van der Waals surface area contributed by atoms with Gasteiger partial charge in [-0.2, -0.15) is 4.39 Å². The summed E-state index contributed by atoms with van der Waals surface area (Å²) >= 11 is 5.65. The molecule has 0 saturated carbocycles. The molecule has 1 aliphatic rings. The van der Waals surface area contributed by atoms with Gasteiger partial charge in [-0.15, -0.1) is 0 Å². The highest BCUT2D eigenvalue weighted by Gasteiger charge is 2.25. The maximum absolute atomic E-state index is 13.7. The zero-order chi connectivity index (χ0) is 11.7. The van der Waals surface area contributed by atoms with Crippen molar-refractivity contribution in [1.82, 2.24) is 9.97 Å². The van der Waals surface area contributed by atoms with Crippen LogP contribution in [0.15, 0.2) is 6.33 Å². The van der Waals surface area contributed by atoms with Crippen molar-refractivity contribution in [2.45, 2.75) is 20.3 Å².